The Morgan fingerprint density at radius 2 is 2.38 bits per heavy atom. The number of ether oxygens (including phenoxy) is 1. The maximum Gasteiger partial charge on any atom is 0.407 e. The van der Waals surface area contributed by atoms with Crippen LogP contribution >= 0.6 is 11.3 Å². The molecule has 1 heterocycles. The maximum absolute atomic E-state index is 11.2. The summed E-state index contributed by atoms with van der Waals surface area (Å²) in [7, 11) is 0. The number of carbonyl (C=O) groups excluding carboxylic acids is 1. The predicted molar refractivity (Wildman–Crippen MR) is 63.5 cm³/mol. The normalized spacial score (nSPS) is 12.5. The van der Waals surface area contributed by atoms with Gasteiger partial charge < -0.3 is 15.2 Å². The Morgan fingerprint density at radius 3 is 2.94 bits per heavy atom. The highest BCUT2D eigenvalue weighted by Crippen LogP contribution is 2.14. The van der Waals surface area contributed by atoms with E-state index in [1.165, 1.54) is 11.3 Å². The molecule has 1 aromatic rings. The van der Waals surface area contributed by atoms with Crippen molar-refractivity contribution in [1.82, 2.24) is 5.32 Å². The molecule has 0 aliphatic carbocycles. The molecule has 0 spiro atoms. The fourth-order valence-electron chi connectivity index (χ4n) is 1.06. The molecular formula is C11H17NO3S. The van der Waals surface area contributed by atoms with Gasteiger partial charge in [0.1, 0.15) is 0 Å². The van der Waals surface area contributed by atoms with Crippen LogP contribution < -0.4 is 5.32 Å². The van der Waals surface area contributed by atoms with Crippen LogP contribution in [-0.2, 0) is 4.74 Å². The van der Waals surface area contributed by atoms with Gasteiger partial charge in [-0.15, -0.1) is 0 Å². The van der Waals surface area contributed by atoms with Gasteiger partial charge in [0.2, 0.25) is 0 Å². The van der Waals surface area contributed by atoms with Crippen molar-refractivity contribution < 1.29 is 14.6 Å². The summed E-state index contributed by atoms with van der Waals surface area (Å²) in [5.74, 6) is 0.313. The molecule has 0 saturated heterocycles. The van der Waals surface area contributed by atoms with Crippen LogP contribution in [0.3, 0.4) is 0 Å². The minimum Gasteiger partial charge on any atom is -0.449 e. The summed E-state index contributed by atoms with van der Waals surface area (Å²) in [6, 6.07) is 1.83. The van der Waals surface area contributed by atoms with Crippen molar-refractivity contribution in [2.45, 2.75) is 20.0 Å². The average molecular weight is 243 g/mol. The van der Waals surface area contributed by atoms with E-state index in [0.717, 1.165) is 5.56 Å². The van der Waals surface area contributed by atoms with E-state index in [9.17, 15) is 9.90 Å². The Morgan fingerprint density at radius 1 is 1.62 bits per heavy atom. The van der Waals surface area contributed by atoms with Crippen molar-refractivity contribution >= 4 is 17.4 Å². The number of rotatable bonds is 5. The topological polar surface area (TPSA) is 58.6 Å². The average Bonchev–Trinajstić information content (AvgIpc) is 2.76. The van der Waals surface area contributed by atoms with E-state index in [1.54, 1.807) is 0 Å². The molecule has 0 saturated carbocycles. The van der Waals surface area contributed by atoms with Crippen LogP contribution in [0.1, 0.15) is 25.5 Å². The molecule has 5 heteroatoms. The third-order valence-electron chi connectivity index (χ3n) is 1.92. The fraction of sp³-hybridized carbons (Fsp3) is 0.545. The Kier molecular flexibility index (Phi) is 5.28. The molecule has 1 unspecified atom stereocenters. The van der Waals surface area contributed by atoms with Gasteiger partial charge in [0, 0.05) is 0 Å². The smallest absolute Gasteiger partial charge is 0.407 e. The summed E-state index contributed by atoms with van der Waals surface area (Å²) >= 11 is 1.51. The number of amides is 1. The number of aliphatic hydroxyl groups is 1. The summed E-state index contributed by atoms with van der Waals surface area (Å²) in [5.41, 5.74) is 0.814. The summed E-state index contributed by atoms with van der Waals surface area (Å²) in [6.07, 6.45) is -1.15. The minimum absolute atomic E-state index is 0.174. The van der Waals surface area contributed by atoms with Crippen LogP contribution in [0.5, 0.6) is 0 Å². The summed E-state index contributed by atoms with van der Waals surface area (Å²) in [5, 5.41) is 15.9. The van der Waals surface area contributed by atoms with Crippen molar-refractivity contribution in [3.63, 3.8) is 0 Å². The zero-order chi connectivity index (χ0) is 12.0. The monoisotopic (exact) mass is 243 g/mol. The maximum atomic E-state index is 11.2. The highest BCUT2D eigenvalue weighted by atomic mass is 32.1. The lowest BCUT2D eigenvalue weighted by atomic mass is 10.2. The first-order valence-electron chi connectivity index (χ1n) is 5.20. The molecule has 0 aromatic carbocycles. The van der Waals surface area contributed by atoms with E-state index in [0.29, 0.717) is 12.5 Å². The number of aliphatic hydroxyl groups excluding tert-OH is 1. The second kappa shape index (κ2) is 6.50. The standard InChI is InChI=1S/C11H17NO3S/c1-8(2)6-15-11(14)12-5-10(13)9-3-4-16-7-9/h3-4,7-8,10,13H,5-6H2,1-2H3,(H,12,14). The summed E-state index contributed by atoms with van der Waals surface area (Å²) < 4.78 is 4.91. The molecule has 0 aliphatic rings. The van der Waals surface area contributed by atoms with Gasteiger partial charge in [0.25, 0.3) is 0 Å². The molecule has 90 valence electrons. The van der Waals surface area contributed by atoms with Gasteiger partial charge in [-0.2, -0.15) is 11.3 Å². The SMILES string of the molecule is CC(C)COC(=O)NCC(O)c1ccsc1. The van der Waals surface area contributed by atoms with Gasteiger partial charge in [-0.1, -0.05) is 13.8 Å². The van der Waals surface area contributed by atoms with Crippen LogP contribution in [0, 0.1) is 5.92 Å². The molecule has 0 aliphatic heterocycles. The van der Waals surface area contributed by atoms with Gasteiger partial charge in [0.15, 0.2) is 0 Å². The Labute approximate surface area is 99.2 Å². The first-order chi connectivity index (χ1) is 7.59. The van der Waals surface area contributed by atoms with E-state index in [1.807, 2.05) is 30.7 Å². The highest BCUT2D eigenvalue weighted by Gasteiger charge is 2.10. The van der Waals surface area contributed by atoms with Crippen LogP contribution in [0.4, 0.5) is 4.79 Å². The third-order valence-corrected chi connectivity index (χ3v) is 2.62. The first-order valence-corrected chi connectivity index (χ1v) is 6.14. The fourth-order valence-corrected chi connectivity index (χ4v) is 1.76. The van der Waals surface area contributed by atoms with Gasteiger partial charge in [-0.05, 0) is 28.3 Å². The van der Waals surface area contributed by atoms with Gasteiger partial charge >= 0.3 is 6.09 Å². The molecule has 0 radical (unpaired) electrons. The number of carbonyl (C=O) groups is 1. The lowest BCUT2D eigenvalue weighted by Crippen LogP contribution is -2.29. The number of hydrogen-bond acceptors (Lipinski definition) is 4. The van der Waals surface area contributed by atoms with E-state index >= 15 is 0 Å². The summed E-state index contributed by atoms with van der Waals surface area (Å²) in [6.45, 7) is 4.50. The van der Waals surface area contributed by atoms with Crippen molar-refractivity contribution in [2.75, 3.05) is 13.2 Å². The Hall–Kier alpha value is -1.07. The number of nitrogens with one attached hydrogen (secondary N) is 1. The number of thiophene rings is 1. The highest BCUT2D eigenvalue weighted by molar-refractivity contribution is 7.07. The van der Waals surface area contributed by atoms with Crippen molar-refractivity contribution in [1.29, 1.82) is 0 Å². The molecule has 1 aromatic heterocycles. The van der Waals surface area contributed by atoms with Crippen molar-refractivity contribution in [3.05, 3.63) is 22.4 Å². The molecule has 1 rings (SSSR count). The molecule has 2 N–H and O–H groups in total. The molecule has 4 nitrogen and oxygen atoms in total. The third kappa shape index (κ3) is 4.63. The number of alkyl carbamates (subject to hydrolysis) is 1. The molecule has 1 atom stereocenters. The zero-order valence-corrected chi connectivity index (χ0v) is 10.3. The lowest BCUT2D eigenvalue weighted by Gasteiger charge is -2.11. The van der Waals surface area contributed by atoms with Gasteiger partial charge in [-0.3, -0.25) is 0 Å². The predicted octanol–water partition coefficient (Wildman–Crippen LogP) is 2.16. The quantitative estimate of drug-likeness (QED) is 0.833. The van der Waals surface area contributed by atoms with Crippen LogP contribution in [0.25, 0.3) is 0 Å². The molecule has 16 heavy (non-hydrogen) atoms. The largest absolute Gasteiger partial charge is 0.449 e. The second-order valence-corrected chi connectivity index (χ2v) is 4.73. The van der Waals surface area contributed by atoms with Crippen LogP contribution in [-0.4, -0.2) is 24.4 Å². The second-order valence-electron chi connectivity index (χ2n) is 3.95. The zero-order valence-electron chi connectivity index (χ0n) is 9.47. The first kappa shape index (κ1) is 13.0. The molecule has 0 bridgehead atoms. The number of hydrogen-bond donors (Lipinski definition) is 2. The molecular weight excluding hydrogens is 226 g/mol. The Bertz CT molecular complexity index is 311. The van der Waals surface area contributed by atoms with E-state index in [2.05, 4.69) is 5.32 Å². The van der Waals surface area contributed by atoms with E-state index in [-0.39, 0.29) is 6.54 Å². The van der Waals surface area contributed by atoms with E-state index in [4.69, 9.17) is 4.74 Å². The van der Waals surface area contributed by atoms with Crippen LogP contribution in [0.15, 0.2) is 16.8 Å². The van der Waals surface area contributed by atoms with Crippen molar-refractivity contribution in [2.24, 2.45) is 5.92 Å². The van der Waals surface area contributed by atoms with Gasteiger partial charge in [-0.25, -0.2) is 4.79 Å². The lowest BCUT2D eigenvalue weighted by molar-refractivity contribution is 0.121. The van der Waals surface area contributed by atoms with Crippen molar-refractivity contribution in [3.8, 4) is 0 Å². The van der Waals surface area contributed by atoms with Gasteiger partial charge in [0.05, 0.1) is 19.3 Å². The molecule has 1 amide bonds. The summed E-state index contributed by atoms with van der Waals surface area (Å²) in [4.78, 5) is 11.2. The van der Waals surface area contributed by atoms with Crippen LogP contribution in [0.2, 0.25) is 0 Å². The minimum atomic E-state index is -0.669. The van der Waals surface area contributed by atoms with E-state index < -0.39 is 12.2 Å². The molecule has 0 fully saturated rings. The Balaban J connectivity index is 2.21.